The molecule has 1 aliphatic rings. The first-order valence-corrected chi connectivity index (χ1v) is 4.91. The molecule has 1 heterocycles. The van der Waals surface area contributed by atoms with Gasteiger partial charge in [0.25, 0.3) is 0 Å². The molecule has 0 aliphatic carbocycles. The number of rotatable bonds is 1. The Hall–Kier alpha value is -1.18. The zero-order chi connectivity index (χ0) is 9.26. The van der Waals surface area contributed by atoms with Gasteiger partial charge in [-0.1, -0.05) is 12.1 Å². The van der Waals surface area contributed by atoms with Crippen molar-refractivity contribution in [2.45, 2.75) is 13.8 Å². The summed E-state index contributed by atoms with van der Waals surface area (Å²) in [6.07, 6.45) is 0. The number of aryl methyl sites for hydroxylation is 1. The van der Waals surface area contributed by atoms with E-state index in [1.165, 1.54) is 16.9 Å². The summed E-state index contributed by atoms with van der Waals surface area (Å²) in [7, 11) is 0. The molecule has 2 rings (SSSR count). The molecule has 0 radical (unpaired) electrons. The number of hydrogen-bond acceptors (Lipinski definition) is 2. The molecule has 0 amide bonds. The molecule has 70 valence electrons. The van der Waals surface area contributed by atoms with Crippen LogP contribution >= 0.6 is 0 Å². The van der Waals surface area contributed by atoms with E-state index >= 15 is 0 Å². The van der Waals surface area contributed by atoms with Gasteiger partial charge in [0, 0.05) is 19.6 Å². The highest BCUT2D eigenvalue weighted by atomic mass is 15.2. The normalized spacial score (nSPS) is 15.1. The predicted molar refractivity (Wildman–Crippen MR) is 57.6 cm³/mol. The molecule has 0 bridgehead atoms. The predicted octanol–water partition coefficient (Wildman–Crippen LogP) is 2.25. The van der Waals surface area contributed by atoms with Gasteiger partial charge in [-0.2, -0.15) is 0 Å². The molecular weight excluding hydrogens is 160 g/mol. The van der Waals surface area contributed by atoms with Gasteiger partial charge in [-0.3, -0.25) is 0 Å². The van der Waals surface area contributed by atoms with Crippen molar-refractivity contribution in [1.82, 2.24) is 0 Å². The van der Waals surface area contributed by atoms with E-state index in [2.05, 4.69) is 42.3 Å². The smallest absolute Gasteiger partial charge is 0.0632 e. The van der Waals surface area contributed by atoms with Gasteiger partial charge in [-0.05, 0) is 25.5 Å². The van der Waals surface area contributed by atoms with E-state index in [9.17, 15) is 0 Å². The van der Waals surface area contributed by atoms with Gasteiger partial charge < -0.3 is 10.2 Å². The van der Waals surface area contributed by atoms with Crippen LogP contribution < -0.4 is 10.2 Å². The van der Waals surface area contributed by atoms with Crippen LogP contribution in [0.2, 0.25) is 0 Å². The summed E-state index contributed by atoms with van der Waals surface area (Å²) >= 11 is 0. The molecule has 1 aromatic rings. The minimum absolute atomic E-state index is 1.06. The molecule has 0 saturated heterocycles. The molecular formula is C11H16N2. The molecule has 0 spiro atoms. The molecule has 1 aromatic carbocycles. The molecule has 1 aliphatic heterocycles. The molecule has 0 unspecified atom stereocenters. The summed E-state index contributed by atoms with van der Waals surface area (Å²) in [4.78, 5) is 2.43. The first kappa shape index (κ1) is 8.42. The number of hydrogen-bond donors (Lipinski definition) is 1. The largest absolute Gasteiger partial charge is 0.382 e. The van der Waals surface area contributed by atoms with Gasteiger partial charge >= 0.3 is 0 Å². The molecule has 2 heteroatoms. The monoisotopic (exact) mass is 176 g/mol. The van der Waals surface area contributed by atoms with Crippen LogP contribution in [0.1, 0.15) is 12.5 Å². The molecule has 1 N–H and O–H groups in total. The van der Waals surface area contributed by atoms with Crippen LogP contribution in [-0.4, -0.2) is 19.6 Å². The summed E-state index contributed by atoms with van der Waals surface area (Å²) in [6.45, 7) is 7.66. The minimum Gasteiger partial charge on any atom is -0.382 e. The lowest BCUT2D eigenvalue weighted by Crippen LogP contribution is -2.34. The van der Waals surface area contributed by atoms with Gasteiger partial charge in [-0.25, -0.2) is 0 Å². The van der Waals surface area contributed by atoms with E-state index in [0.717, 1.165) is 19.6 Å². The first-order chi connectivity index (χ1) is 6.33. The third kappa shape index (κ3) is 1.37. The van der Waals surface area contributed by atoms with Crippen LogP contribution in [0.3, 0.4) is 0 Å². The number of nitrogens with zero attached hydrogens (tertiary/aromatic N) is 1. The lowest BCUT2D eigenvalue weighted by molar-refractivity contribution is 0.811. The van der Waals surface area contributed by atoms with Gasteiger partial charge in [-0.15, -0.1) is 0 Å². The Bertz CT molecular complexity index is 307. The highest BCUT2D eigenvalue weighted by molar-refractivity contribution is 5.75. The Kier molecular flexibility index (Phi) is 2.13. The fraction of sp³-hybridized carbons (Fsp3) is 0.455. The Morgan fingerprint density at radius 1 is 1.46 bits per heavy atom. The van der Waals surface area contributed by atoms with Crippen LogP contribution in [0.4, 0.5) is 11.4 Å². The van der Waals surface area contributed by atoms with Crippen LogP contribution in [0.25, 0.3) is 0 Å². The van der Waals surface area contributed by atoms with Gasteiger partial charge in [0.15, 0.2) is 0 Å². The van der Waals surface area contributed by atoms with Crippen LogP contribution in [0, 0.1) is 6.92 Å². The zero-order valence-electron chi connectivity index (χ0n) is 8.30. The number of para-hydroxylation sites is 1. The van der Waals surface area contributed by atoms with E-state index in [1.54, 1.807) is 0 Å². The zero-order valence-corrected chi connectivity index (χ0v) is 8.30. The Labute approximate surface area is 79.6 Å². The summed E-state index contributed by atoms with van der Waals surface area (Å²) in [6, 6.07) is 6.44. The number of nitrogens with one attached hydrogen (secondary N) is 1. The van der Waals surface area contributed by atoms with Crippen molar-refractivity contribution < 1.29 is 0 Å². The maximum absolute atomic E-state index is 3.43. The van der Waals surface area contributed by atoms with E-state index < -0.39 is 0 Å². The van der Waals surface area contributed by atoms with Crippen LogP contribution in [-0.2, 0) is 0 Å². The molecule has 0 aromatic heterocycles. The topological polar surface area (TPSA) is 15.3 Å². The highest BCUT2D eigenvalue weighted by Crippen LogP contribution is 2.31. The molecule has 0 atom stereocenters. The average molecular weight is 176 g/mol. The van der Waals surface area contributed by atoms with E-state index in [1.807, 2.05) is 0 Å². The minimum atomic E-state index is 1.06. The second kappa shape index (κ2) is 3.29. The third-order valence-electron chi connectivity index (χ3n) is 2.63. The Morgan fingerprint density at radius 3 is 3.08 bits per heavy atom. The van der Waals surface area contributed by atoms with Crippen molar-refractivity contribution in [2.24, 2.45) is 0 Å². The third-order valence-corrected chi connectivity index (χ3v) is 2.63. The second-order valence-electron chi connectivity index (χ2n) is 3.48. The summed E-state index contributed by atoms with van der Waals surface area (Å²) < 4.78 is 0. The lowest BCUT2D eigenvalue weighted by Gasteiger charge is -2.32. The number of fused-ring (bicyclic) bond motifs is 1. The summed E-state index contributed by atoms with van der Waals surface area (Å²) in [5.74, 6) is 0. The number of benzene rings is 1. The SMILES string of the molecule is CCN1CCNc2cccc(C)c21. The first-order valence-electron chi connectivity index (χ1n) is 4.91. The van der Waals surface area contributed by atoms with Crippen LogP contribution in [0.5, 0.6) is 0 Å². The van der Waals surface area contributed by atoms with Crippen molar-refractivity contribution in [3.05, 3.63) is 23.8 Å². The molecule has 0 saturated carbocycles. The van der Waals surface area contributed by atoms with E-state index in [0.29, 0.717) is 0 Å². The fourth-order valence-corrected chi connectivity index (χ4v) is 1.97. The van der Waals surface area contributed by atoms with Crippen molar-refractivity contribution >= 4 is 11.4 Å². The Morgan fingerprint density at radius 2 is 2.31 bits per heavy atom. The van der Waals surface area contributed by atoms with Crippen molar-refractivity contribution in [3.8, 4) is 0 Å². The van der Waals surface area contributed by atoms with Gasteiger partial charge in [0.1, 0.15) is 0 Å². The summed E-state index contributed by atoms with van der Waals surface area (Å²) in [5.41, 5.74) is 4.04. The van der Waals surface area contributed by atoms with E-state index in [4.69, 9.17) is 0 Å². The molecule has 2 nitrogen and oxygen atoms in total. The average Bonchev–Trinajstić information content (AvgIpc) is 2.17. The number of likely N-dealkylation sites (N-methyl/N-ethyl adjacent to an activating group) is 1. The molecule has 13 heavy (non-hydrogen) atoms. The fourth-order valence-electron chi connectivity index (χ4n) is 1.97. The lowest BCUT2D eigenvalue weighted by atomic mass is 10.1. The standard InChI is InChI=1S/C11H16N2/c1-3-13-8-7-12-10-6-4-5-9(2)11(10)13/h4-6,12H,3,7-8H2,1-2H3. The second-order valence-corrected chi connectivity index (χ2v) is 3.48. The number of anilines is 2. The van der Waals surface area contributed by atoms with Crippen molar-refractivity contribution in [2.75, 3.05) is 29.9 Å². The maximum Gasteiger partial charge on any atom is 0.0632 e. The van der Waals surface area contributed by atoms with Gasteiger partial charge in [0.05, 0.1) is 11.4 Å². The summed E-state index contributed by atoms with van der Waals surface area (Å²) in [5, 5.41) is 3.43. The van der Waals surface area contributed by atoms with E-state index in [-0.39, 0.29) is 0 Å². The Balaban J connectivity index is 2.47. The maximum atomic E-state index is 3.43. The quantitative estimate of drug-likeness (QED) is 0.706. The van der Waals surface area contributed by atoms with Crippen LogP contribution in [0.15, 0.2) is 18.2 Å². The highest BCUT2D eigenvalue weighted by Gasteiger charge is 2.15. The van der Waals surface area contributed by atoms with Crippen molar-refractivity contribution in [1.29, 1.82) is 0 Å². The molecule has 0 fully saturated rings. The van der Waals surface area contributed by atoms with Gasteiger partial charge in [0.2, 0.25) is 0 Å². The van der Waals surface area contributed by atoms with Crippen molar-refractivity contribution in [3.63, 3.8) is 0 Å².